The Kier molecular flexibility index (Phi) is 6.13. The van der Waals surface area contributed by atoms with Crippen LogP contribution in [0.5, 0.6) is 0 Å². The fourth-order valence-corrected chi connectivity index (χ4v) is 3.66. The average molecular weight is 329 g/mol. The van der Waals surface area contributed by atoms with Gasteiger partial charge < -0.3 is 15.0 Å². The fraction of sp³-hybridized carbons (Fsp3) is 0.650. The molecule has 0 aromatic heterocycles. The lowest BCUT2D eigenvalue weighted by molar-refractivity contribution is 0.0264. The molecule has 4 nitrogen and oxygen atoms in total. The van der Waals surface area contributed by atoms with Crippen LogP contribution in [0.4, 0.5) is 0 Å². The van der Waals surface area contributed by atoms with Gasteiger partial charge in [-0.1, -0.05) is 30.3 Å². The number of guanidine groups is 1. The topological polar surface area (TPSA) is 36.9 Å². The van der Waals surface area contributed by atoms with E-state index in [9.17, 15) is 0 Å². The highest BCUT2D eigenvalue weighted by atomic mass is 16.5. The number of nitrogens with one attached hydrogen (secondary N) is 1. The van der Waals surface area contributed by atoms with E-state index in [2.05, 4.69) is 54.4 Å². The molecule has 1 N–H and O–H groups in total. The Hall–Kier alpha value is -1.55. The van der Waals surface area contributed by atoms with Crippen LogP contribution < -0.4 is 5.32 Å². The Balaban J connectivity index is 1.52. The highest BCUT2D eigenvalue weighted by Gasteiger charge is 2.38. The maximum Gasteiger partial charge on any atom is 0.193 e. The van der Waals surface area contributed by atoms with Gasteiger partial charge in [0.2, 0.25) is 0 Å². The molecule has 3 rings (SSSR count). The van der Waals surface area contributed by atoms with E-state index < -0.39 is 0 Å². The molecular weight excluding hydrogens is 298 g/mol. The van der Waals surface area contributed by atoms with Gasteiger partial charge in [0.25, 0.3) is 0 Å². The lowest BCUT2D eigenvalue weighted by Gasteiger charge is -2.34. The Labute approximate surface area is 146 Å². The highest BCUT2D eigenvalue weighted by molar-refractivity contribution is 5.80. The number of piperidine rings is 1. The maximum absolute atomic E-state index is 5.76. The van der Waals surface area contributed by atoms with Crippen molar-refractivity contribution in [2.45, 2.75) is 45.1 Å². The summed E-state index contributed by atoms with van der Waals surface area (Å²) in [6.45, 7) is 9.00. The normalized spacial score (nSPS) is 24.9. The van der Waals surface area contributed by atoms with Crippen LogP contribution in [0.25, 0.3) is 0 Å². The number of aliphatic imine (C=N–C) groups is 1. The molecule has 1 aliphatic heterocycles. The first-order valence-electron chi connectivity index (χ1n) is 9.51. The van der Waals surface area contributed by atoms with E-state index >= 15 is 0 Å². The maximum atomic E-state index is 5.76. The van der Waals surface area contributed by atoms with Gasteiger partial charge in [-0.2, -0.15) is 0 Å². The Bertz CT molecular complexity index is 523. The quantitative estimate of drug-likeness (QED) is 0.643. The van der Waals surface area contributed by atoms with E-state index in [4.69, 9.17) is 9.73 Å². The molecule has 24 heavy (non-hydrogen) atoms. The molecular formula is C20H31N3O. The first-order valence-corrected chi connectivity index (χ1v) is 9.51. The zero-order chi connectivity index (χ0) is 16.8. The molecule has 1 saturated carbocycles. The van der Waals surface area contributed by atoms with Crippen molar-refractivity contribution in [1.29, 1.82) is 0 Å². The van der Waals surface area contributed by atoms with E-state index in [1.54, 1.807) is 0 Å². The summed E-state index contributed by atoms with van der Waals surface area (Å²) in [6, 6.07) is 10.9. The summed E-state index contributed by atoms with van der Waals surface area (Å²) < 4.78 is 5.76. The number of benzene rings is 1. The van der Waals surface area contributed by atoms with Gasteiger partial charge in [-0.05, 0) is 50.5 Å². The van der Waals surface area contributed by atoms with Crippen molar-refractivity contribution < 1.29 is 4.74 Å². The van der Waals surface area contributed by atoms with Crippen molar-refractivity contribution >= 4 is 5.96 Å². The van der Waals surface area contributed by atoms with Crippen LogP contribution in [-0.4, -0.2) is 49.7 Å². The van der Waals surface area contributed by atoms with E-state index in [0.29, 0.717) is 17.9 Å². The number of hydrogen-bond acceptors (Lipinski definition) is 2. The molecule has 2 unspecified atom stereocenters. The first-order chi connectivity index (χ1) is 11.8. The Morgan fingerprint density at radius 3 is 2.62 bits per heavy atom. The molecule has 1 aliphatic carbocycles. The van der Waals surface area contributed by atoms with Crippen LogP contribution in [0.15, 0.2) is 35.3 Å². The zero-order valence-electron chi connectivity index (χ0n) is 15.1. The summed E-state index contributed by atoms with van der Waals surface area (Å²) in [5.74, 6) is 2.51. The number of hydrogen-bond donors (Lipinski definition) is 1. The van der Waals surface area contributed by atoms with Crippen molar-refractivity contribution in [1.82, 2.24) is 10.2 Å². The second kappa shape index (κ2) is 8.52. The van der Waals surface area contributed by atoms with Crippen LogP contribution in [0.3, 0.4) is 0 Å². The summed E-state index contributed by atoms with van der Waals surface area (Å²) >= 11 is 0. The third-order valence-electron chi connectivity index (χ3n) is 5.10. The lowest BCUT2D eigenvalue weighted by atomic mass is 10.1. The molecule has 1 saturated heterocycles. The van der Waals surface area contributed by atoms with Crippen molar-refractivity contribution in [2.24, 2.45) is 10.9 Å². The minimum absolute atomic E-state index is 0.431. The fourth-order valence-electron chi connectivity index (χ4n) is 3.66. The molecule has 2 atom stereocenters. The van der Waals surface area contributed by atoms with Gasteiger partial charge in [-0.3, -0.25) is 4.99 Å². The van der Waals surface area contributed by atoms with Gasteiger partial charge in [0.15, 0.2) is 5.96 Å². The molecule has 2 aliphatic rings. The molecule has 0 radical (unpaired) electrons. The number of nitrogens with zero attached hydrogens (tertiary/aromatic N) is 2. The summed E-state index contributed by atoms with van der Waals surface area (Å²) in [5.41, 5.74) is 1.47. The predicted octanol–water partition coefficient (Wildman–Crippen LogP) is 3.26. The summed E-state index contributed by atoms with van der Waals surface area (Å²) in [4.78, 5) is 7.34. The van der Waals surface area contributed by atoms with E-state index in [-0.39, 0.29) is 0 Å². The van der Waals surface area contributed by atoms with Crippen LogP contribution >= 0.6 is 0 Å². The third-order valence-corrected chi connectivity index (χ3v) is 5.10. The SMILES string of the molecule is CCNC(=NCC1CC1c1ccccc1)N1CCC(OCC)CC1. The van der Waals surface area contributed by atoms with Gasteiger partial charge >= 0.3 is 0 Å². The van der Waals surface area contributed by atoms with Crippen molar-refractivity contribution in [3.63, 3.8) is 0 Å². The third kappa shape index (κ3) is 4.50. The molecule has 1 aromatic carbocycles. The smallest absolute Gasteiger partial charge is 0.193 e. The Morgan fingerprint density at radius 1 is 1.21 bits per heavy atom. The molecule has 0 amide bonds. The molecule has 0 spiro atoms. The summed E-state index contributed by atoms with van der Waals surface area (Å²) in [6.07, 6.45) is 3.92. The van der Waals surface area contributed by atoms with Gasteiger partial charge in [-0.15, -0.1) is 0 Å². The lowest BCUT2D eigenvalue weighted by Crippen LogP contribution is -2.47. The van der Waals surface area contributed by atoms with E-state index in [1.807, 2.05) is 0 Å². The zero-order valence-corrected chi connectivity index (χ0v) is 15.1. The monoisotopic (exact) mass is 329 g/mol. The van der Waals surface area contributed by atoms with Gasteiger partial charge in [0, 0.05) is 32.8 Å². The molecule has 0 bridgehead atoms. The molecule has 2 fully saturated rings. The second-order valence-electron chi connectivity index (χ2n) is 6.85. The first kappa shape index (κ1) is 17.3. The van der Waals surface area contributed by atoms with E-state index in [0.717, 1.165) is 51.6 Å². The Morgan fingerprint density at radius 2 is 1.96 bits per heavy atom. The predicted molar refractivity (Wildman–Crippen MR) is 99.5 cm³/mol. The minimum atomic E-state index is 0.431. The number of ether oxygens (including phenoxy) is 1. The van der Waals surface area contributed by atoms with E-state index in [1.165, 1.54) is 12.0 Å². The van der Waals surface area contributed by atoms with Crippen LogP contribution in [0.1, 0.15) is 44.6 Å². The average Bonchev–Trinajstić information content (AvgIpc) is 3.40. The van der Waals surface area contributed by atoms with Crippen molar-refractivity contribution in [3.8, 4) is 0 Å². The van der Waals surface area contributed by atoms with Gasteiger partial charge in [0.1, 0.15) is 0 Å². The summed E-state index contributed by atoms with van der Waals surface area (Å²) in [5, 5.41) is 3.47. The van der Waals surface area contributed by atoms with Crippen LogP contribution in [0.2, 0.25) is 0 Å². The highest BCUT2D eigenvalue weighted by Crippen LogP contribution is 2.47. The molecule has 4 heteroatoms. The standard InChI is InChI=1S/C20H31N3O/c1-3-21-20(23-12-10-18(11-13-23)24-4-2)22-15-17-14-19(17)16-8-6-5-7-9-16/h5-9,17-19H,3-4,10-15H2,1-2H3,(H,21,22). The van der Waals surface area contributed by atoms with Gasteiger partial charge in [0.05, 0.1) is 6.10 Å². The van der Waals surface area contributed by atoms with Gasteiger partial charge in [-0.25, -0.2) is 0 Å². The van der Waals surface area contributed by atoms with Crippen LogP contribution in [0, 0.1) is 5.92 Å². The molecule has 1 heterocycles. The summed E-state index contributed by atoms with van der Waals surface area (Å²) in [7, 11) is 0. The number of likely N-dealkylation sites (tertiary alicyclic amines) is 1. The molecule has 132 valence electrons. The second-order valence-corrected chi connectivity index (χ2v) is 6.85. The number of rotatable bonds is 6. The molecule has 1 aromatic rings. The van der Waals surface area contributed by atoms with Crippen LogP contribution in [-0.2, 0) is 4.74 Å². The van der Waals surface area contributed by atoms with Crippen molar-refractivity contribution in [2.75, 3.05) is 32.8 Å². The van der Waals surface area contributed by atoms with Crippen molar-refractivity contribution in [3.05, 3.63) is 35.9 Å². The minimum Gasteiger partial charge on any atom is -0.378 e. The largest absolute Gasteiger partial charge is 0.378 e.